The van der Waals surface area contributed by atoms with E-state index in [-0.39, 0.29) is 36.8 Å². The Morgan fingerprint density at radius 1 is 1.25 bits per heavy atom. The number of hydrogen-bond donors (Lipinski definition) is 2. The monoisotopic (exact) mass is 378 g/mol. The molecule has 0 spiro atoms. The van der Waals surface area contributed by atoms with Gasteiger partial charge >= 0.3 is 0 Å². The Labute approximate surface area is 154 Å². The average Bonchev–Trinajstić information content (AvgIpc) is 2.57. The van der Waals surface area contributed by atoms with Crippen LogP contribution in [0.5, 0.6) is 0 Å². The highest BCUT2D eigenvalue weighted by molar-refractivity contribution is 5.91. The summed E-state index contributed by atoms with van der Waals surface area (Å²) < 4.78 is 10.7. The molecule has 0 saturated carbocycles. The van der Waals surface area contributed by atoms with E-state index in [0.717, 1.165) is 44.4 Å². The van der Waals surface area contributed by atoms with E-state index in [2.05, 4.69) is 20.5 Å². The quantitative estimate of drug-likeness (QED) is 0.816. The number of nitrogens with one attached hydrogen (secondary N) is 2. The third-order valence-electron chi connectivity index (χ3n) is 3.80. The molecule has 2 saturated heterocycles. The summed E-state index contributed by atoms with van der Waals surface area (Å²) >= 11 is 0. The number of morpholine rings is 2. The number of amides is 1. The molecule has 1 atom stereocenters. The number of rotatable bonds is 4. The summed E-state index contributed by atoms with van der Waals surface area (Å²) in [6.45, 7) is 5.27. The predicted octanol–water partition coefficient (Wildman–Crippen LogP) is 1.08. The second-order valence-electron chi connectivity index (χ2n) is 5.48. The molecule has 2 fully saturated rings. The van der Waals surface area contributed by atoms with Gasteiger partial charge in [0.25, 0.3) is 0 Å². The highest BCUT2D eigenvalue weighted by atomic mass is 35.5. The maximum absolute atomic E-state index is 12.0. The highest BCUT2D eigenvalue weighted by Gasteiger charge is 2.17. The van der Waals surface area contributed by atoms with Gasteiger partial charge < -0.3 is 25.0 Å². The Kier molecular flexibility index (Phi) is 9.31. The number of anilines is 2. The van der Waals surface area contributed by atoms with Crippen LogP contribution < -0.4 is 15.5 Å². The number of carbonyl (C=O) groups excluding carboxylic acids is 1. The summed E-state index contributed by atoms with van der Waals surface area (Å²) in [5, 5.41) is 6.15. The fourth-order valence-electron chi connectivity index (χ4n) is 2.63. The number of halogens is 2. The van der Waals surface area contributed by atoms with Gasteiger partial charge in [-0.2, -0.15) is 0 Å². The van der Waals surface area contributed by atoms with Crippen LogP contribution in [0.25, 0.3) is 0 Å². The van der Waals surface area contributed by atoms with E-state index < -0.39 is 0 Å². The minimum absolute atomic E-state index is 0. The van der Waals surface area contributed by atoms with E-state index in [1.54, 1.807) is 6.20 Å². The zero-order valence-corrected chi connectivity index (χ0v) is 15.0. The van der Waals surface area contributed by atoms with Crippen molar-refractivity contribution in [2.45, 2.75) is 12.5 Å². The van der Waals surface area contributed by atoms with E-state index in [1.165, 1.54) is 0 Å². The molecule has 0 bridgehead atoms. The predicted molar refractivity (Wildman–Crippen MR) is 97.6 cm³/mol. The van der Waals surface area contributed by atoms with Crippen LogP contribution in [0.4, 0.5) is 11.5 Å². The molecule has 1 aromatic rings. The number of aromatic nitrogens is 1. The zero-order chi connectivity index (χ0) is 15.2. The van der Waals surface area contributed by atoms with Crippen LogP contribution in [-0.4, -0.2) is 63.0 Å². The molecule has 0 aliphatic carbocycles. The number of ether oxygens (including phenoxy) is 2. The van der Waals surface area contributed by atoms with Gasteiger partial charge in [0.05, 0.1) is 38.3 Å². The lowest BCUT2D eigenvalue weighted by Gasteiger charge is -2.27. The maximum Gasteiger partial charge on any atom is 0.226 e. The third kappa shape index (κ3) is 6.07. The van der Waals surface area contributed by atoms with Gasteiger partial charge in [0, 0.05) is 32.1 Å². The summed E-state index contributed by atoms with van der Waals surface area (Å²) in [5.74, 6) is 0.896. The van der Waals surface area contributed by atoms with Gasteiger partial charge in [-0.25, -0.2) is 4.98 Å². The lowest BCUT2D eigenvalue weighted by Crippen LogP contribution is -2.43. The fraction of sp³-hybridized carbons (Fsp3) is 0.600. The normalized spacial score (nSPS) is 20.5. The molecular formula is C15H24Cl2N4O3. The summed E-state index contributed by atoms with van der Waals surface area (Å²) in [7, 11) is 0. The maximum atomic E-state index is 12.0. The van der Waals surface area contributed by atoms with Gasteiger partial charge in [-0.3, -0.25) is 4.79 Å². The van der Waals surface area contributed by atoms with Crippen molar-refractivity contribution in [2.75, 3.05) is 56.3 Å². The second kappa shape index (κ2) is 10.7. The van der Waals surface area contributed by atoms with Crippen molar-refractivity contribution in [3.63, 3.8) is 0 Å². The second-order valence-corrected chi connectivity index (χ2v) is 5.48. The Morgan fingerprint density at radius 3 is 2.67 bits per heavy atom. The van der Waals surface area contributed by atoms with Crippen molar-refractivity contribution in [1.82, 2.24) is 10.3 Å². The van der Waals surface area contributed by atoms with Gasteiger partial charge in [-0.15, -0.1) is 24.8 Å². The van der Waals surface area contributed by atoms with Crippen LogP contribution in [-0.2, 0) is 14.3 Å². The van der Waals surface area contributed by atoms with Crippen LogP contribution >= 0.6 is 24.8 Å². The van der Waals surface area contributed by atoms with E-state index in [1.807, 2.05) is 12.1 Å². The minimum atomic E-state index is -0.0241. The van der Waals surface area contributed by atoms with Gasteiger partial charge in [0.15, 0.2) is 0 Å². The number of hydrogen-bond acceptors (Lipinski definition) is 6. The Morgan fingerprint density at radius 2 is 2.04 bits per heavy atom. The highest BCUT2D eigenvalue weighted by Crippen LogP contribution is 2.15. The van der Waals surface area contributed by atoms with E-state index in [9.17, 15) is 4.79 Å². The molecule has 3 rings (SSSR count). The topological polar surface area (TPSA) is 75.7 Å². The zero-order valence-electron chi connectivity index (χ0n) is 13.4. The van der Waals surface area contributed by atoms with Gasteiger partial charge in [0.2, 0.25) is 5.91 Å². The van der Waals surface area contributed by atoms with Crippen LogP contribution in [0.1, 0.15) is 6.42 Å². The molecule has 1 unspecified atom stereocenters. The molecule has 2 N–H and O–H groups in total. The molecule has 0 aromatic carbocycles. The Bertz CT molecular complexity index is 492. The van der Waals surface area contributed by atoms with Crippen LogP contribution in [0.3, 0.4) is 0 Å². The Balaban J connectivity index is 0.00000144. The lowest BCUT2D eigenvalue weighted by atomic mass is 10.2. The number of carbonyl (C=O) groups is 1. The molecule has 2 aliphatic heterocycles. The molecule has 1 aromatic heterocycles. The van der Waals surface area contributed by atoms with Crippen molar-refractivity contribution in [3.8, 4) is 0 Å². The van der Waals surface area contributed by atoms with Crippen molar-refractivity contribution >= 4 is 42.2 Å². The molecule has 9 heteroatoms. The first-order chi connectivity index (χ1) is 10.8. The number of pyridine rings is 1. The van der Waals surface area contributed by atoms with Crippen molar-refractivity contribution < 1.29 is 14.3 Å². The smallest absolute Gasteiger partial charge is 0.226 e. The minimum Gasteiger partial charge on any atom is -0.378 e. The van der Waals surface area contributed by atoms with Crippen molar-refractivity contribution in [2.24, 2.45) is 0 Å². The van der Waals surface area contributed by atoms with Gasteiger partial charge in [0.1, 0.15) is 5.82 Å². The van der Waals surface area contributed by atoms with Gasteiger partial charge in [-0.05, 0) is 12.1 Å². The first-order valence-corrected chi connectivity index (χ1v) is 7.71. The third-order valence-corrected chi connectivity index (χ3v) is 3.80. The molecule has 0 radical (unpaired) electrons. The average molecular weight is 379 g/mol. The summed E-state index contributed by atoms with van der Waals surface area (Å²) in [5.41, 5.74) is 0.721. The molecule has 1 amide bonds. The molecule has 7 nitrogen and oxygen atoms in total. The Hall–Kier alpha value is -1.12. The summed E-state index contributed by atoms with van der Waals surface area (Å²) in [6.07, 6.45) is 2.11. The first kappa shape index (κ1) is 20.9. The summed E-state index contributed by atoms with van der Waals surface area (Å²) in [6, 6.07) is 3.91. The van der Waals surface area contributed by atoms with Crippen molar-refractivity contribution in [3.05, 3.63) is 18.3 Å². The fourth-order valence-corrected chi connectivity index (χ4v) is 2.63. The molecule has 3 heterocycles. The standard InChI is InChI=1S/C15H22N4O3.2ClH/c20-15(9-13-11-22-6-3-16-13)18-12-1-2-14(17-10-12)19-4-7-21-8-5-19;;/h1-2,10,13,16H,3-9,11H2,(H,18,20);2*1H. The molecule has 2 aliphatic rings. The van der Waals surface area contributed by atoms with Crippen LogP contribution in [0, 0.1) is 0 Å². The van der Waals surface area contributed by atoms with E-state index >= 15 is 0 Å². The van der Waals surface area contributed by atoms with E-state index in [4.69, 9.17) is 9.47 Å². The van der Waals surface area contributed by atoms with Gasteiger partial charge in [-0.1, -0.05) is 0 Å². The van der Waals surface area contributed by atoms with Crippen LogP contribution in [0.15, 0.2) is 18.3 Å². The first-order valence-electron chi connectivity index (χ1n) is 7.71. The largest absolute Gasteiger partial charge is 0.378 e. The number of nitrogens with zero attached hydrogens (tertiary/aromatic N) is 2. The molecule has 24 heavy (non-hydrogen) atoms. The van der Waals surface area contributed by atoms with E-state index in [0.29, 0.717) is 19.6 Å². The molecular weight excluding hydrogens is 355 g/mol. The lowest BCUT2D eigenvalue weighted by molar-refractivity contribution is -0.117. The SMILES string of the molecule is Cl.Cl.O=C(CC1COCCN1)Nc1ccc(N2CCOCC2)nc1. The van der Waals surface area contributed by atoms with Crippen LogP contribution in [0.2, 0.25) is 0 Å². The summed E-state index contributed by atoms with van der Waals surface area (Å²) in [4.78, 5) is 18.6. The van der Waals surface area contributed by atoms with Crippen molar-refractivity contribution in [1.29, 1.82) is 0 Å². The molecule has 136 valence electrons.